The van der Waals surface area contributed by atoms with Crippen molar-refractivity contribution in [2.75, 3.05) is 0 Å². The lowest BCUT2D eigenvalue weighted by atomic mass is 9.90. The van der Waals surface area contributed by atoms with Crippen LogP contribution in [0.3, 0.4) is 0 Å². The zero-order valence-corrected chi connectivity index (χ0v) is 25.0. The number of hydrogen-bond acceptors (Lipinski definition) is 3. The summed E-state index contributed by atoms with van der Waals surface area (Å²) in [4.78, 5) is 9.93. The summed E-state index contributed by atoms with van der Waals surface area (Å²) in [6.07, 6.45) is 1.85. The van der Waals surface area contributed by atoms with Crippen LogP contribution in [0, 0.1) is 0 Å². The van der Waals surface area contributed by atoms with Crippen LogP contribution in [0.4, 0.5) is 0 Å². The fourth-order valence-electron chi connectivity index (χ4n) is 7.06. The van der Waals surface area contributed by atoms with Crippen LogP contribution in [-0.2, 0) is 0 Å². The SMILES string of the molecule is c1ccc2cc3c(-c4ccc5ccc6cccnc6c5n4)ccc(-c4ccc5c(ccc6c7ccccc7sc56)c4)c3cc2c1. The molecule has 2 nitrogen and oxygen atoms in total. The number of hydrogen-bond donors (Lipinski definition) is 0. The van der Waals surface area contributed by atoms with E-state index in [1.807, 2.05) is 23.6 Å². The van der Waals surface area contributed by atoms with Crippen LogP contribution in [0.2, 0.25) is 0 Å². The molecule has 0 amide bonds. The second-order valence-electron chi connectivity index (χ2n) is 11.8. The van der Waals surface area contributed by atoms with Crippen LogP contribution >= 0.6 is 11.3 Å². The monoisotopic (exact) mass is 588 g/mol. The molecule has 0 atom stereocenters. The Morgan fingerprint density at radius 2 is 1.11 bits per heavy atom. The molecule has 10 aromatic rings. The fraction of sp³-hybridized carbons (Fsp3) is 0. The summed E-state index contributed by atoms with van der Waals surface area (Å²) < 4.78 is 2.69. The van der Waals surface area contributed by atoms with Gasteiger partial charge in [0.05, 0.1) is 16.7 Å². The Kier molecular flexibility index (Phi) is 5.19. The van der Waals surface area contributed by atoms with E-state index in [-0.39, 0.29) is 0 Å². The Labute approximate surface area is 262 Å². The summed E-state index contributed by atoms with van der Waals surface area (Å²) in [6, 6.07) is 50.7. The zero-order chi connectivity index (χ0) is 29.5. The van der Waals surface area contributed by atoms with Gasteiger partial charge in [-0.05, 0) is 79.8 Å². The number of fused-ring (bicyclic) bond motifs is 10. The number of pyridine rings is 2. The first-order chi connectivity index (χ1) is 22.3. The van der Waals surface area contributed by atoms with E-state index < -0.39 is 0 Å². The second-order valence-corrected chi connectivity index (χ2v) is 12.8. The third-order valence-electron chi connectivity index (χ3n) is 9.26. The molecule has 0 radical (unpaired) electrons. The number of thiophene rings is 1. The van der Waals surface area contributed by atoms with Crippen molar-refractivity contribution in [3.63, 3.8) is 0 Å². The Balaban J connectivity index is 1.21. The molecule has 0 saturated heterocycles. The van der Waals surface area contributed by atoms with E-state index in [4.69, 9.17) is 9.97 Å². The summed E-state index contributed by atoms with van der Waals surface area (Å²) >= 11 is 1.89. The van der Waals surface area contributed by atoms with E-state index in [0.29, 0.717) is 0 Å². The first-order valence-electron chi connectivity index (χ1n) is 15.2. The Hall–Kier alpha value is -5.64. The fourth-order valence-corrected chi connectivity index (χ4v) is 8.30. The van der Waals surface area contributed by atoms with Crippen LogP contribution < -0.4 is 0 Å². The van der Waals surface area contributed by atoms with Gasteiger partial charge < -0.3 is 0 Å². The normalized spacial score (nSPS) is 12.0. The van der Waals surface area contributed by atoms with E-state index in [0.717, 1.165) is 33.1 Å². The standard InChI is InChI=1S/C42H24N2S/c1-2-7-28-24-37-33(38-20-15-26-12-11-25-8-5-21-43-40(25)41(26)44-38)19-18-31(36(37)23-27(28)6-1)29-13-16-32-30(22-29)14-17-35-34-9-3-4-10-39(34)45-42(32)35/h1-24H. The highest BCUT2D eigenvalue weighted by molar-refractivity contribution is 7.26. The molecule has 0 aliphatic rings. The van der Waals surface area contributed by atoms with Gasteiger partial charge in [0.15, 0.2) is 0 Å². The predicted octanol–water partition coefficient (Wildman–Crippen LogP) is 11.9. The molecule has 0 bridgehead atoms. The van der Waals surface area contributed by atoms with Crippen LogP contribution in [0.1, 0.15) is 0 Å². The molecule has 208 valence electrons. The van der Waals surface area contributed by atoms with Crippen molar-refractivity contribution in [1.82, 2.24) is 9.97 Å². The van der Waals surface area contributed by atoms with Crippen molar-refractivity contribution in [2.45, 2.75) is 0 Å². The van der Waals surface area contributed by atoms with Gasteiger partial charge in [-0.1, -0.05) is 103 Å². The van der Waals surface area contributed by atoms with Crippen LogP contribution in [0.25, 0.3) is 96.7 Å². The highest BCUT2D eigenvalue weighted by Crippen LogP contribution is 2.42. The molecule has 0 fully saturated rings. The summed E-state index contributed by atoms with van der Waals surface area (Å²) in [5.41, 5.74) is 6.40. The zero-order valence-electron chi connectivity index (χ0n) is 24.2. The minimum Gasteiger partial charge on any atom is -0.254 e. The highest BCUT2D eigenvalue weighted by atomic mass is 32.1. The molecule has 7 aromatic carbocycles. The first-order valence-corrected chi connectivity index (χ1v) is 16.0. The molecular weight excluding hydrogens is 565 g/mol. The minimum atomic E-state index is 0.936. The van der Waals surface area contributed by atoms with Crippen LogP contribution in [0.5, 0.6) is 0 Å². The topological polar surface area (TPSA) is 25.8 Å². The van der Waals surface area contributed by atoms with E-state index in [1.165, 1.54) is 63.6 Å². The van der Waals surface area contributed by atoms with Gasteiger partial charge in [0.2, 0.25) is 0 Å². The maximum absolute atomic E-state index is 5.23. The lowest BCUT2D eigenvalue weighted by molar-refractivity contribution is 1.37. The predicted molar refractivity (Wildman–Crippen MR) is 193 cm³/mol. The maximum atomic E-state index is 5.23. The van der Waals surface area contributed by atoms with Crippen LogP contribution in [0.15, 0.2) is 146 Å². The maximum Gasteiger partial charge on any atom is 0.0972 e. The van der Waals surface area contributed by atoms with Crippen molar-refractivity contribution in [3.05, 3.63) is 146 Å². The van der Waals surface area contributed by atoms with Crippen LogP contribution in [-0.4, -0.2) is 9.97 Å². The molecule has 10 rings (SSSR count). The molecule has 0 unspecified atom stereocenters. The molecule has 0 saturated carbocycles. The summed E-state index contributed by atoms with van der Waals surface area (Å²) in [5.74, 6) is 0. The number of benzene rings is 7. The summed E-state index contributed by atoms with van der Waals surface area (Å²) in [7, 11) is 0. The van der Waals surface area contributed by atoms with E-state index in [2.05, 4.69) is 133 Å². The highest BCUT2D eigenvalue weighted by Gasteiger charge is 2.15. The molecule has 0 aliphatic carbocycles. The molecule has 3 heteroatoms. The third kappa shape index (κ3) is 3.75. The molecule has 3 aromatic heterocycles. The Morgan fingerprint density at radius 1 is 0.422 bits per heavy atom. The minimum absolute atomic E-state index is 0.936. The van der Waals surface area contributed by atoms with Gasteiger partial charge >= 0.3 is 0 Å². The third-order valence-corrected chi connectivity index (χ3v) is 10.5. The van der Waals surface area contributed by atoms with Crippen molar-refractivity contribution in [3.8, 4) is 22.4 Å². The molecule has 0 N–H and O–H groups in total. The number of rotatable bonds is 2. The molecule has 0 spiro atoms. The summed E-state index contributed by atoms with van der Waals surface area (Å²) in [6.45, 7) is 0. The van der Waals surface area contributed by atoms with E-state index in [9.17, 15) is 0 Å². The quantitative estimate of drug-likeness (QED) is 0.148. The van der Waals surface area contributed by atoms with Gasteiger partial charge in [-0.2, -0.15) is 0 Å². The molecule has 45 heavy (non-hydrogen) atoms. The summed E-state index contributed by atoms with van der Waals surface area (Å²) in [5, 5.41) is 12.3. The number of nitrogens with zero attached hydrogens (tertiary/aromatic N) is 2. The average Bonchev–Trinajstić information content (AvgIpc) is 3.49. The first kappa shape index (κ1) is 24.8. The van der Waals surface area contributed by atoms with Gasteiger partial charge in [-0.3, -0.25) is 4.98 Å². The molecular formula is C42H24N2S. The lowest BCUT2D eigenvalue weighted by Gasteiger charge is -2.14. The molecule has 0 aliphatic heterocycles. The Bertz CT molecular complexity index is 2830. The smallest absolute Gasteiger partial charge is 0.0972 e. The van der Waals surface area contributed by atoms with Gasteiger partial charge in [-0.25, -0.2) is 4.98 Å². The van der Waals surface area contributed by atoms with Gasteiger partial charge in [0.1, 0.15) is 0 Å². The van der Waals surface area contributed by atoms with Gasteiger partial charge in [0.25, 0.3) is 0 Å². The van der Waals surface area contributed by atoms with Gasteiger partial charge in [0, 0.05) is 42.7 Å². The van der Waals surface area contributed by atoms with Crippen molar-refractivity contribution in [2.24, 2.45) is 0 Å². The Morgan fingerprint density at radius 3 is 2.00 bits per heavy atom. The lowest BCUT2D eigenvalue weighted by Crippen LogP contribution is -1.91. The largest absolute Gasteiger partial charge is 0.254 e. The van der Waals surface area contributed by atoms with Gasteiger partial charge in [-0.15, -0.1) is 11.3 Å². The molecule has 3 heterocycles. The van der Waals surface area contributed by atoms with E-state index >= 15 is 0 Å². The van der Waals surface area contributed by atoms with E-state index in [1.54, 1.807) is 0 Å². The van der Waals surface area contributed by atoms with Crippen molar-refractivity contribution >= 4 is 85.6 Å². The van der Waals surface area contributed by atoms with Crippen molar-refractivity contribution < 1.29 is 0 Å². The van der Waals surface area contributed by atoms with Crippen molar-refractivity contribution in [1.29, 1.82) is 0 Å². The number of aromatic nitrogens is 2. The average molecular weight is 589 g/mol. The second kappa shape index (κ2) is 9.43.